The minimum Gasteiger partial charge on any atom is -0.383 e. The van der Waals surface area contributed by atoms with Gasteiger partial charge >= 0.3 is 0 Å². The van der Waals surface area contributed by atoms with Crippen LogP contribution in [0.4, 0.5) is 0 Å². The fourth-order valence-electron chi connectivity index (χ4n) is 4.62. The Bertz CT molecular complexity index is 1140. The van der Waals surface area contributed by atoms with Crippen molar-refractivity contribution in [1.29, 1.82) is 0 Å². The Hall–Kier alpha value is -2.67. The Morgan fingerprint density at radius 3 is 2.58 bits per heavy atom. The molecule has 3 aromatic heterocycles. The molecule has 0 amide bonds. The molecule has 0 aliphatic carbocycles. The maximum atomic E-state index is 5.22. The van der Waals surface area contributed by atoms with Crippen LogP contribution in [-0.4, -0.2) is 77.3 Å². The fraction of sp³-hybridized carbons (Fsp3) is 0.400. The van der Waals surface area contributed by atoms with E-state index in [4.69, 9.17) is 4.74 Å². The first-order chi connectivity index (χ1) is 15.2. The van der Waals surface area contributed by atoms with Crippen LogP contribution < -0.4 is 0 Å². The summed E-state index contributed by atoms with van der Waals surface area (Å²) in [7, 11) is 1.78. The maximum Gasteiger partial charge on any atom is 0.137 e. The molecular formula is C25H31N5O. The van der Waals surface area contributed by atoms with Gasteiger partial charge in [0.25, 0.3) is 0 Å². The molecule has 31 heavy (non-hydrogen) atoms. The number of hydrogen-bond donors (Lipinski definition) is 1. The highest BCUT2D eigenvalue weighted by molar-refractivity contribution is 5.98. The number of aryl methyl sites for hydroxylation is 1. The second kappa shape index (κ2) is 8.83. The minimum atomic E-state index is 0.820. The lowest BCUT2D eigenvalue weighted by atomic mass is 10.1. The van der Waals surface area contributed by atoms with E-state index in [-0.39, 0.29) is 0 Å². The Morgan fingerprint density at radius 2 is 1.81 bits per heavy atom. The van der Waals surface area contributed by atoms with Crippen LogP contribution in [0.3, 0.4) is 0 Å². The molecule has 6 nitrogen and oxygen atoms in total. The molecule has 4 heterocycles. The zero-order valence-electron chi connectivity index (χ0n) is 18.5. The number of H-pyrrole nitrogens is 1. The highest BCUT2D eigenvalue weighted by atomic mass is 16.5. The number of aromatic nitrogens is 3. The molecule has 1 aromatic carbocycles. The van der Waals surface area contributed by atoms with E-state index < -0.39 is 0 Å². The average molecular weight is 418 g/mol. The predicted octanol–water partition coefficient (Wildman–Crippen LogP) is 3.76. The largest absolute Gasteiger partial charge is 0.383 e. The van der Waals surface area contributed by atoms with E-state index in [0.717, 1.165) is 69.1 Å². The normalized spacial score (nSPS) is 15.9. The summed E-state index contributed by atoms with van der Waals surface area (Å²) in [5, 5.41) is 2.45. The van der Waals surface area contributed by atoms with Crippen molar-refractivity contribution in [3.63, 3.8) is 0 Å². The Balaban J connectivity index is 1.36. The molecule has 1 aliphatic heterocycles. The van der Waals surface area contributed by atoms with Crippen molar-refractivity contribution in [2.45, 2.75) is 13.5 Å². The van der Waals surface area contributed by atoms with Crippen molar-refractivity contribution >= 4 is 21.9 Å². The first-order valence-electron chi connectivity index (χ1n) is 11.2. The van der Waals surface area contributed by atoms with Crippen LogP contribution in [0.15, 0.2) is 48.8 Å². The monoisotopic (exact) mass is 417 g/mol. The molecule has 1 saturated heterocycles. The van der Waals surface area contributed by atoms with Crippen molar-refractivity contribution in [3.05, 3.63) is 54.4 Å². The van der Waals surface area contributed by atoms with Crippen LogP contribution in [0.2, 0.25) is 0 Å². The van der Waals surface area contributed by atoms with E-state index in [1.165, 1.54) is 22.0 Å². The van der Waals surface area contributed by atoms with E-state index in [0.29, 0.717) is 0 Å². The molecule has 4 aromatic rings. The molecule has 0 spiro atoms. The van der Waals surface area contributed by atoms with Gasteiger partial charge in [0.15, 0.2) is 0 Å². The predicted molar refractivity (Wildman–Crippen MR) is 127 cm³/mol. The summed E-state index contributed by atoms with van der Waals surface area (Å²) in [5.74, 6) is 0. The third-order valence-corrected chi connectivity index (χ3v) is 6.45. The van der Waals surface area contributed by atoms with Crippen molar-refractivity contribution in [2.75, 3.05) is 53.0 Å². The van der Waals surface area contributed by atoms with E-state index in [1.54, 1.807) is 7.11 Å². The summed E-state index contributed by atoms with van der Waals surface area (Å²) in [5.41, 5.74) is 5.91. The van der Waals surface area contributed by atoms with Gasteiger partial charge in [0.1, 0.15) is 5.65 Å². The van der Waals surface area contributed by atoms with E-state index in [1.807, 2.05) is 12.3 Å². The maximum absolute atomic E-state index is 5.22. The third-order valence-electron chi connectivity index (χ3n) is 6.45. The van der Waals surface area contributed by atoms with E-state index >= 15 is 0 Å². The highest BCUT2D eigenvalue weighted by Crippen LogP contribution is 2.32. The number of methoxy groups -OCH3 is 1. The molecule has 0 bridgehead atoms. The quantitative estimate of drug-likeness (QED) is 0.498. The summed E-state index contributed by atoms with van der Waals surface area (Å²) in [4.78, 5) is 13.1. The first-order valence-corrected chi connectivity index (χ1v) is 11.2. The van der Waals surface area contributed by atoms with Gasteiger partial charge in [-0.3, -0.25) is 9.80 Å². The van der Waals surface area contributed by atoms with Gasteiger partial charge < -0.3 is 14.3 Å². The lowest BCUT2D eigenvalue weighted by molar-refractivity contribution is 0.0955. The van der Waals surface area contributed by atoms with Crippen molar-refractivity contribution < 1.29 is 4.74 Å². The van der Waals surface area contributed by atoms with Gasteiger partial charge in [-0.15, -0.1) is 0 Å². The van der Waals surface area contributed by atoms with Crippen LogP contribution in [0, 0.1) is 6.92 Å². The van der Waals surface area contributed by atoms with Crippen LogP contribution in [0.25, 0.3) is 33.2 Å². The summed E-state index contributed by atoms with van der Waals surface area (Å²) < 4.78 is 7.64. The number of aromatic amines is 1. The van der Waals surface area contributed by atoms with Gasteiger partial charge in [-0.2, -0.15) is 0 Å². The average Bonchev–Trinajstić information content (AvgIpc) is 3.38. The summed E-state index contributed by atoms with van der Waals surface area (Å²) in [6.07, 6.45) is 4.15. The topological polar surface area (TPSA) is 49.3 Å². The smallest absolute Gasteiger partial charge is 0.137 e. The molecular weight excluding hydrogens is 386 g/mol. The van der Waals surface area contributed by atoms with Gasteiger partial charge in [-0.05, 0) is 37.3 Å². The Kier molecular flexibility index (Phi) is 5.76. The number of benzene rings is 1. The van der Waals surface area contributed by atoms with Gasteiger partial charge in [0, 0.05) is 92.9 Å². The number of nitrogens with zero attached hydrogens (tertiary/aromatic N) is 4. The second-order valence-corrected chi connectivity index (χ2v) is 8.56. The molecule has 6 heteroatoms. The number of hydrogen-bond acceptors (Lipinski definition) is 4. The molecule has 162 valence electrons. The van der Waals surface area contributed by atoms with Crippen molar-refractivity contribution in [2.24, 2.45) is 0 Å². The zero-order chi connectivity index (χ0) is 21.2. The molecule has 1 aliphatic rings. The van der Waals surface area contributed by atoms with Gasteiger partial charge in [0.05, 0.1) is 6.61 Å². The lowest BCUT2D eigenvalue weighted by Crippen LogP contribution is -2.47. The number of pyridine rings is 1. The van der Waals surface area contributed by atoms with Crippen LogP contribution in [-0.2, 0) is 11.3 Å². The second-order valence-electron chi connectivity index (χ2n) is 8.56. The summed E-state index contributed by atoms with van der Waals surface area (Å²) in [6, 6.07) is 13.1. The summed E-state index contributed by atoms with van der Waals surface area (Å²) in [6.45, 7) is 10.6. The van der Waals surface area contributed by atoms with Crippen molar-refractivity contribution in [1.82, 2.24) is 24.3 Å². The molecule has 0 unspecified atom stereocenters. The Morgan fingerprint density at radius 1 is 1.00 bits per heavy atom. The number of rotatable bonds is 7. The van der Waals surface area contributed by atoms with Crippen molar-refractivity contribution in [3.8, 4) is 11.3 Å². The minimum absolute atomic E-state index is 0.820. The number of fused-ring (bicyclic) bond motifs is 2. The van der Waals surface area contributed by atoms with Gasteiger partial charge in [-0.1, -0.05) is 11.6 Å². The molecule has 0 saturated carbocycles. The van der Waals surface area contributed by atoms with Crippen LogP contribution in [0.5, 0.6) is 0 Å². The van der Waals surface area contributed by atoms with Crippen LogP contribution >= 0.6 is 0 Å². The van der Waals surface area contributed by atoms with E-state index in [9.17, 15) is 0 Å². The van der Waals surface area contributed by atoms with E-state index in [2.05, 4.69) is 67.8 Å². The first kappa shape index (κ1) is 20.2. The number of ether oxygens (including phenoxy) is 1. The fourth-order valence-corrected chi connectivity index (χ4v) is 4.62. The zero-order valence-corrected chi connectivity index (χ0v) is 18.5. The molecule has 1 fully saturated rings. The highest BCUT2D eigenvalue weighted by Gasteiger charge is 2.18. The van der Waals surface area contributed by atoms with Gasteiger partial charge in [0.2, 0.25) is 0 Å². The third kappa shape index (κ3) is 4.24. The standard InChI is InChI=1S/C25H31N5O/c1-19-5-6-24-21(16-19)22(23-17-20-4-3-7-26-25(20)27-23)18-30(24)13-12-28-8-10-29(11-9-28)14-15-31-2/h3-7,16-18H,8-15H2,1-2H3,(H,26,27). The summed E-state index contributed by atoms with van der Waals surface area (Å²) >= 11 is 0. The molecule has 5 rings (SSSR count). The molecule has 1 N–H and O–H groups in total. The SMILES string of the molecule is COCCN1CCN(CCn2cc(-c3cc4cccnc4[nH]3)c3cc(C)ccc32)CC1. The Labute approximate surface area is 183 Å². The number of piperazine rings is 1. The van der Waals surface area contributed by atoms with Crippen LogP contribution in [0.1, 0.15) is 5.56 Å². The lowest BCUT2D eigenvalue weighted by Gasteiger charge is -2.34. The molecule has 0 atom stereocenters. The molecule has 0 radical (unpaired) electrons. The van der Waals surface area contributed by atoms with Gasteiger partial charge in [-0.25, -0.2) is 4.98 Å². The number of nitrogens with one attached hydrogen (secondary N) is 1.